The van der Waals surface area contributed by atoms with E-state index in [0.29, 0.717) is 5.75 Å². The van der Waals surface area contributed by atoms with Crippen LogP contribution in [0.5, 0.6) is 5.75 Å². The minimum atomic E-state index is -0.638. The van der Waals surface area contributed by atoms with Crippen LogP contribution < -0.4 is 10.5 Å². The molecule has 0 bridgehead atoms. The smallest absolute Gasteiger partial charge is 0.266 e. The molecule has 1 aliphatic carbocycles. The highest BCUT2D eigenvalue weighted by atomic mass is 35.5. The lowest BCUT2D eigenvalue weighted by atomic mass is 9.93. The summed E-state index contributed by atoms with van der Waals surface area (Å²) in [7, 11) is 3.10. The Labute approximate surface area is 230 Å². The highest BCUT2D eigenvalue weighted by Crippen LogP contribution is 2.40. The van der Waals surface area contributed by atoms with Crippen molar-refractivity contribution < 1.29 is 18.3 Å². The van der Waals surface area contributed by atoms with Crippen molar-refractivity contribution in [1.82, 2.24) is 9.88 Å². The maximum absolute atomic E-state index is 14.5. The number of ether oxygens (including phenoxy) is 1. The van der Waals surface area contributed by atoms with Crippen molar-refractivity contribution in [3.05, 3.63) is 81.8 Å². The summed E-state index contributed by atoms with van der Waals surface area (Å²) < 4.78 is 34.7. The standard InChI is InChI=1S/C28H25ClF2N2O2S.CH5N/c1-35-23-13-10-17(22-9-5-6-14-32-22)15-18(23)16-33(19-7-3-2-4-8-19)28(34)27-25(29)24-20(30)11-12-21(31)26(24)36-27;1-2/h5-6,9-15,19H,2-4,7-8,16H2,1H3;2H2,1H3. The summed E-state index contributed by atoms with van der Waals surface area (Å²) in [6.45, 7) is 0.281. The molecular formula is C29H30ClF2N3O2S. The van der Waals surface area contributed by atoms with Crippen molar-refractivity contribution in [3.8, 4) is 17.0 Å². The van der Waals surface area contributed by atoms with Crippen LogP contribution in [-0.4, -0.2) is 36.0 Å². The first-order valence-corrected chi connectivity index (χ1v) is 13.7. The van der Waals surface area contributed by atoms with Gasteiger partial charge < -0.3 is 15.4 Å². The van der Waals surface area contributed by atoms with E-state index in [4.69, 9.17) is 16.3 Å². The number of pyridine rings is 1. The van der Waals surface area contributed by atoms with Crippen LogP contribution in [-0.2, 0) is 6.54 Å². The number of thiophene rings is 1. The molecule has 1 aliphatic rings. The second-order valence-electron chi connectivity index (χ2n) is 8.94. The van der Waals surface area contributed by atoms with Crippen molar-refractivity contribution in [2.75, 3.05) is 14.2 Å². The SMILES string of the molecule is CN.COc1ccc(-c2ccccn2)cc1CN(C(=O)c1sc2c(F)ccc(F)c2c1Cl)C1CCCCC1. The number of methoxy groups -OCH3 is 1. The van der Waals surface area contributed by atoms with Gasteiger partial charge in [0.1, 0.15) is 22.3 Å². The van der Waals surface area contributed by atoms with E-state index >= 15 is 0 Å². The molecule has 0 saturated heterocycles. The number of amides is 1. The largest absolute Gasteiger partial charge is 0.496 e. The molecule has 1 amide bonds. The second-order valence-corrected chi connectivity index (χ2v) is 10.3. The van der Waals surface area contributed by atoms with E-state index in [1.54, 1.807) is 18.2 Å². The quantitative estimate of drug-likeness (QED) is 0.267. The summed E-state index contributed by atoms with van der Waals surface area (Å²) in [5, 5.41) is -0.0737. The molecule has 1 fully saturated rings. The Balaban J connectivity index is 0.00000164. The first-order chi connectivity index (χ1) is 18.5. The topological polar surface area (TPSA) is 68.5 Å². The van der Waals surface area contributed by atoms with E-state index in [0.717, 1.165) is 72.4 Å². The van der Waals surface area contributed by atoms with Crippen LogP contribution in [0.25, 0.3) is 21.3 Å². The summed E-state index contributed by atoms with van der Waals surface area (Å²) >= 11 is 7.41. The van der Waals surface area contributed by atoms with Crippen molar-refractivity contribution in [3.63, 3.8) is 0 Å². The van der Waals surface area contributed by atoms with Crippen molar-refractivity contribution in [2.24, 2.45) is 5.73 Å². The lowest BCUT2D eigenvalue weighted by molar-refractivity contribution is 0.0618. The summed E-state index contributed by atoms with van der Waals surface area (Å²) in [4.78, 5) is 20.4. The van der Waals surface area contributed by atoms with E-state index in [9.17, 15) is 13.6 Å². The van der Waals surface area contributed by atoms with Crippen molar-refractivity contribution in [2.45, 2.75) is 44.7 Å². The molecule has 1 saturated carbocycles. The predicted octanol–water partition coefficient (Wildman–Crippen LogP) is 7.45. The maximum atomic E-state index is 14.5. The van der Waals surface area contributed by atoms with E-state index in [1.165, 1.54) is 7.05 Å². The van der Waals surface area contributed by atoms with Gasteiger partial charge in [0.05, 0.1) is 27.9 Å². The Morgan fingerprint density at radius 2 is 1.84 bits per heavy atom. The van der Waals surface area contributed by atoms with Gasteiger partial charge in [-0.2, -0.15) is 0 Å². The maximum Gasteiger partial charge on any atom is 0.266 e. The number of carbonyl (C=O) groups excluding carboxylic acids is 1. The molecule has 2 aromatic carbocycles. The minimum Gasteiger partial charge on any atom is -0.496 e. The van der Waals surface area contributed by atoms with Gasteiger partial charge in [-0.3, -0.25) is 9.78 Å². The molecule has 200 valence electrons. The van der Waals surface area contributed by atoms with Gasteiger partial charge in [0.15, 0.2) is 0 Å². The Morgan fingerprint density at radius 1 is 1.11 bits per heavy atom. The van der Waals surface area contributed by atoms with E-state index in [1.807, 2.05) is 36.4 Å². The molecule has 0 radical (unpaired) electrons. The molecule has 38 heavy (non-hydrogen) atoms. The Bertz CT molecular complexity index is 1410. The molecule has 0 atom stereocenters. The van der Waals surface area contributed by atoms with Gasteiger partial charge in [0.25, 0.3) is 5.91 Å². The molecule has 0 unspecified atom stereocenters. The number of carbonyl (C=O) groups is 1. The molecule has 0 spiro atoms. The molecule has 2 aromatic heterocycles. The van der Waals surface area contributed by atoms with Crippen LogP contribution in [0.2, 0.25) is 5.02 Å². The van der Waals surface area contributed by atoms with Crippen LogP contribution in [0.15, 0.2) is 54.7 Å². The first kappa shape index (κ1) is 28.0. The van der Waals surface area contributed by atoms with E-state index in [-0.39, 0.29) is 38.5 Å². The molecule has 2 N–H and O–H groups in total. The second kappa shape index (κ2) is 12.7. The van der Waals surface area contributed by atoms with Crippen LogP contribution in [0.3, 0.4) is 0 Å². The lowest BCUT2D eigenvalue weighted by Gasteiger charge is -2.34. The number of nitrogens with two attached hydrogens (primary N) is 1. The van der Waals surface area contributed by atoms with Crippen LogP contribution >= 0.6 is 22.9 Å². The zero-order valence-electron chi connectivity index (χ0n) is 21.3. The number of halogens is 3. The van der Waals surface area contributed by atoms with Gasteiger partial charge in [0.2, 0.25) is 0 Å². The van der Waals surface area contributed by atoms with Gasteiger partial charge >= 0.3 is 0 Å². The summed E-state index contributed by atoms with van der Waals surface area (Å²) in [5.41, 5.74) is 7.05. The van der Waals surface area contributed by atoms with Crippen LogP contribution in [0, 0.1) is 11.6 Å². The zero-order chi connectivity index (χ0) is 27.2. The molecule has 5 nitrogen and oxygen atoms in total. The third kappa shape index (κ3) is 5.67. The number of aromatic nitrogens is 1. The molecule has 5 rings (SSSR count). The van der Waals surface area contributed by atoms with Crippen molar-refractivity contribution >= 4 is 38.9 Å². The first-order valence-electron chi connectivity index (χ1n) is 12.5. The molecular weight excluding hydrogens is 528 g/mol. The van der Waals surface area contributed by atoms with Gasteiger partial charge in [-0.15, -0.1) is 11.3 Å². The number of hydrogen-bond donors (Lipinski definition) is 1. The normalized spacial score (nSPS) is 13.6. The third-order valence-corrected chi connectivity index (χ3v) is 8.41. The number of fused-ring (bicyclic) bond motifs is 1. The minimum absolute atomic E-state index is 0.00886. The average Bonchev–Trinajstić information content (AvgIpc) is 3.33. The number of hydrogen-bond acceptors (Lipinski definition) is 5. The van der Waals surface area contributed by atoms with Crippen LogP contribution in [0.4, 0.5) is 8.78 Å². The van der Waals surface area contributed by atoms with E-state index in [2.05, 4.69) is 10.7 Å². The third-order valence-electron chi connectivity index (χ3n) is 6.73. The average molecular weight is 558 g/mol. The highest BCUT2D eigenvalue weighted by Gasteiger charge is 2.31. The fraction of sp³-hybridized carbons (Fsp3) is 0.310. The van der Waals surface area contributed by atoms with E-state index < -0.39 is 11.6 Å². The summed E-state index contributed by atoms with van der Waals surface area (Å²) in [6.07, 6.45) is 6.61. The zero-order valence-corrected chi connectivity index (χ0v) is 22.9. The lowest BCUT2D eigenvalue weighted by Crippen LogP contribution is -2.40. The highest BCUT2D eigenvalue weighted by molar-refractivity contribution is 7.21. The van der Waals surface area contributed by atoms with Gasteiger partial charge in [-0.1, -0.05) is 36.9 Å². The number of rotatable bonds is 6. The molecule has 2 heterocycles. The van der Waals surface area contributed by atoms with Crippen molar-refractivity contribution in [1.29, 1.82) is 0 Å². The Hall–Kier alpha value is -3.07. The number of nitrogens with zero attached hydrogens (tertiary/aromatic N) is 2. The Morgan fingerprint density at radius 3 is 2.50 bits per heavy atom. The van der Waals surface area contributed by atoms with Gasteiger partial charge in [-0.05, 0) is 62.4 Å². The summed E-state index contributed by atoms with van der Waals surface area (Å²) in [6, 6.07) is 13.6. The van der Waals surface area contributed by atoms with Crippen LogP contribution in [0.1, 0.15) is 47.3 Å². The molecule has 4 aromatic rings. The monoisotopic (exact) mass is 557 g/mol. The fourth-order valence-corrected chi connectivity index (χ4v) is 6.41. The summed E-state index contributed by atoms with van der Waals surface area (Å²) in [5.74, 6) is -0.896. The number of benzene rings is 2. The fourth-order valence-electron chi connectivity index (χ4n) is 4.90. The predicted molar refractivity (Wildman–Crippen MR) is 150 cm³/mol. The Kier molecular flexibility index (Phi) is 9.31. The molecule has 9 heteroatoms. The van der Waals surface area contributed by atoms with Gasteiger partial charge in [0, 0.05) is 29.9 Å². The molecule has 0 aliphatic heterocycles. The van der Waals surface area contributed by atoms with Gasteiger partial charge in [-0.25, -0.2) is 8.78 Å².